The molecule has 0 fully saturated rings. The number of nitrogens with zero attached hydrogens (tertiary/aromatic N) is 3. The van der Waals surface area contributed by atoms with Crippen LogP contribution in [0.4, 0.5) is 5.82 Å². The Hall–Kier alpha value is -3.17. The number of fused-ring (bicyclic) bond motifs is 1. The van der Waals surface area contributed by atoms with Crippen LogP contribution in [0.2, 0.25) is 5.02 Å². The third-order valence-corrected chi connectivity index (χ3v) is 8.04. The number of carbonyl (C=O) groups is 2. The normalized spacial score (nSPS) is 15.5. The van der Waals surface area contributed by atoms with Crippen LogP contribution in [0, 0.1) is 0 Å². The smallest absolute Gasteiger partial charge is 0.240 e. The fourth-order valence-electron chi connectivity index (χ4n) is 4.61. The van der Waals surface area contributed by atoms with Crippen molar-refractivity contribution in [2.45, 2.75) is 44.8 Å². The van der Waals surface area contributed by atoms with Crippen molar-refractivity contribution in [1.29, 1.82) is 0 Å². The molecule has 0 aliphatic carbocycles. The molecule has 1 N–H and O–H groups in total. The summed E-state index contributed by atoms with van der Waals surface area (Å²) in [5.41, 5.74) is 2.88. The van der Waals surface area contributed by atoms with Gasteiger partial charge in [0, 0.05) is 17.5 Å². The first-order chi connectivity index (χ1) is 18.6. The van der Waals surface area contributed by atoms with Gasteiger partial charge in [-0.05, 0) is 36.2 Å². The summed E-state index contributed by atoms with van der Waals surface area (Å²) in [4.78, 5) is 28.2. The van der Waals surface area contributed by atoms with Crippen LogP contribution < -0.4 is 19.7 Å². The molecule has 2 heterocycles. The Morgan fingerprint density at radius 1 is 1.15 bits per heavy atom. The van der Waals surface area contributed by atoms with Gasteiger partial charge in [-0.15, -0.1) is 11.8 Å². The molecule has 0 saturated heterocycles. The maximum atomic E-state index is 13.7. The van der Waals surface area contributed by atoms with E-state index in [1.807, 2.05) is 43.3 Å². The second kappa shape index (κ2) is 11.9. The third kappa shape index (κ3) is 5.89. The quantitative estimate of drug-likeness (QED) is 0.383. The number of halogens is 1. The molecule has 1 unspecified atom stereocenters. The van der Waals surface area contributed by atoms with E-state index >= 15 is 0 Å². The van der Waals surface area contributed by atoms with Gasteiger partial charge in [0.25, 0.3) is 0 Å². The zero-order chi connectivity index (χ0) is 28.3. The molecule has 2 aromatic carbocycles. The van der Waals surface area contributed by atoms with E-state index in [4.69, 9.17) is 26.2 Å². The number of anilines is 1. The van der Waals surface area contributed by atoms with Crippen molar-refractivity contribution in [3.05, 3.63) is 64.3 Å². The highest BCUT2D eigenvalue weighted by atomic mass is 35.5. The fourth-order valence-corrected chi connectivity index (χ4v) is 6.01. The maximum absolute atomic E-state index is 13.7. The lowest BCUT2D eigenvalue weighted by molar-refractivity contribution is -0.122. The van der Waals surface area contributed by atoms with Crippen LogP contribution in [-0.2, 0) is 15.0 Å². The summed E-state index contributed by atoms with van der Waals surface area (Å²) >= 11 is 8.18. The third-order valence-electron chi connectivity index (χ3n) is 6.46. The topological polar surface area (TPSA) is 85.7 Å². The molecule has 0 saturated carbocycles. The molecule has 2 amide bonds. The first-order valence-electron chi connectivity index (χ1n) is 12.9. The molecule has 1 aromatic heterocycles. The second-order valence-electron chi connectivity index (χ2n) is 10.3. The summed E-state index contributed by atoms with van der Waals surface area (Å²) in [7, 11) is 3.20. The molecule has 10 heteroatoms. The number of para-hydroxylation sites is 1. The fraction of sp³-hybridized carbons (Fsp3) is 0.414. The lowest BCUT2D eigenvalue weighted by Crippen LogP contribution is -2.42. The Balaban J connectivity index is 2.02. The van der Waals surface area contributed by atoms with E-state index in [0.717, 1.165) is 23.2 Å². The summed E-state index contributed by atoms with van der Waals surface area (Å²) in [6.45, 7) is 8.68. The molecule has 8 nitrogen and oxygen atoms in total. The van der Waals surface area contributed by atoms with Gasteiger partial charge < -0.3 is 14.8 Å². The van der Waals surface area contributed by atoms with Gasteiger partial charge in [-0.3, -0.25) is 14.5 Å². The molecule has 0 bridgehead atoms. The number of methoxy groups -OCH3 is 2. The van der Waals surface area contributed by atoms with Crippen molar-refractivity contribution in [3.63, 3.8) is 0 Å². The standard InChI is InChI=1S/C29H35ClN4O4S/c1-7-14-31-23(35)16-33-24(36)17-39-26(18-12-13-21(37-5)22(15-18)38-6)25-27(29(2,3)4)32-34(28(25)33)20-11-9-8-10-19(20)30/h8-13,15,26H,7,14,16-17H2,1-6H3,(H,31,35). The number of aromatic nitrogens is 2. The van der Waals surface area contributed by atoms with Crippen molar-refractivity contribution >= 4 is 41.0 Å². The van der Waals surface area contributed by atoms with Crippen LogP contribution in [0.1, 0.15) is 56.2 Å². The van der Waals surface area contributed by atoms with E-state index in [-0.39, 0.29) is 34.8 Å². The summed E-state index contributed by atoms with van der Waals surface area (Å²) in [5.74, 6) is 1.54. The highest BCUT2D eigenvalue weighted by Crippen LogP contribution is 2.49. The van der Waals surface area contributed by atoms with Crippen molar-refractivity contribution in [3.8, 4) is 17.2 Å². The Morgan fingerprint density at radius 2 is 1.87 bits per heavy atom. The molecule has 3 aromatic rings. The van der Waals surface area contributed by atoms with E-state index in [9.17, 15) is 9.59 Å². The van der Waals surface area contributed by atoms with Crippen LogP contribution in [0.5, 0.6) is 11.5 Å². The number of rotatable bonds is 8. The number of hydrogen-bond acceptors (Lipinski definition) is 6. The number of benzene rings is 2. The molecule has 1 aliphatic rings. The van der Waals surface area contributed by atoms with Crippen molar-refractivity contribution < 1.29 is 19.1 Å². The van der Waals surface area contributed by atoms with Gasteiger partial charge in [-0.2, -0.15) is 5.10 Å². The molecular formula is C29H35ClN4O4S. The van der Waals surface area contributed by atoms with E-state index < -0.39 is 0 Å². The van der Waals surface area contributed by atoms with Gasteiger partial charge in [0.05, 0.1) is 41.6 Å². The van der Waals surface area contributed by atoms with E-state index in [1.165, 1.54) is 11.8 Å². The van der Waals surface area contributed by atoms with Crippen LogP contribution in [-0.4, -0.2) is 54.7 Å². The summed E-state index contributed by atoms with van der Waals surface area (Å²) in [6.07, 6.45) is 0.799. The Bertz CT molecular complexity index is 1370. The van der Waals surface area contributed by atoms with Crippen LogP contribution in [0.3, 0.4) is 0 Å². The summed E-state index contributed by atoms with van der Waals surface area (Å²) in [6, 6.07) is 13.2. The molecule has 208 valence electrons. The van der Waals surface area contributed by atoms with Gasteiger partial charge in [-0.25, -0.2) is 4.68 Å². The molecule has 0 spiro atoms. The van der Waals surface area contributed by atoms with Gasteiger partial charge in [-0.1, -0.05) is 57.5 Å². The summed E-state index contributed by atoms with van der Waals surface area (Å²) in [5, 5.41) is 8.21. The molecule has 1 aliphatic heterocycles. The van der Waals surface area contributed by atoms with Crippen LogP contribution in [0.15, 0.2) is 42.5 Å². The second-order valence-corrected chi connectivity index (χ2v) is 11.8. The molecule has 39 heavy (non-hydrogen) atoms. The Morgan fingerprint density at radius 3 is 2.51 bits per heavy atom. The SMILES string of the molecule is CCCNC(=O)CN1C(=O)CSC(c2ccc(OC)c(OC)c2)c2c(C(C)(C)C)nn(-c3ccccc3Cl)c21. The van der Waals surface area contributed by atoms with E-state index in [0.29, 0.717) is 34.6 Å². The lowest BCUT2D eigenvalue weighted by Gasteiger charge is -2.25. The predicted octanol–water partition coefficient (Wildman–Crippen LogP) is 5.54. The lowest BCUT2D eigenvalue weighted by atomic mass is 9.87. The number of ether oxygens (including phenoxy) is 2. The number of hydrogen-bond donors (Lipinski definition) is 1. The zero-order valence-corrected chi connectivity index (χ0v) is 24.8. The Kier molecular flexibility index (Phi) is 8.81. The minimum Gasteiger partial charge on any atom is -0.493 e. The van der Waals surface area contributed by atoms with Crippen molar-refractivity contribution in [2.24, 2.45) is 0 Å². The largest absolute Gasteiger partial charge is 0.493 e. The number of amides is 2. The minimum absolute atomic E-state index is 0.120. The van der Waals surface area contributed by atoms with Gasteiger partial charge in [0.1, 0.15) is 12.4 Å². The van der Waals surface area contributed by atoms with Gasteiger partial charge in [0.2, 0.25) is 11.8 Å². The first kappa shape index (κ1) is 28.8. The average molecular weight is 571 g/mol. The maximum Gasteiger partial charge on any atom is 0.240 e. The number of thioether (sulfide) groups is 1. The molecule has 4 rings (SSSR count). The van der Waals surface area contributed by atoms with Crippen LogP contribution >= 0.6 is 23.4 Å². The van der Waals surface area contributed by atoms with Gasteiger partial charge >= 0.3 is 0 Å². The molecule has 0 radical (unpaired) electrons. The molecule has 1 atom stereocenters. The average Bonchev–Trinajstić information content (AvgIpc) is 3.24. The highest BCUT2D eigenvalue weighted by molar-refractivity contribution is 8.00. The first-order valence-corrected chi connectivity index (χ1v) is 14.3. The molecular weight excluding hydrogens is 536 g/mol. The monoisotopic (exact) mass is 570 g/mol. The Labute approximate surface area is 239 Å². The van der Waals surface area contributed by atoms with Crippen molar-refractivity contribution in [1.82, 2.24) is 15.1 Å². The number of carbonyl (C=O) groups excluding carboxylic acids is 2. The van der Waals surface area contributed by atoms with E-state index in [2.05, 4.69) is 26.1 Å². The predicted molar refractivity (Wildman–Crippen MR) is 157 cm³/mol. The highest BCUT2D eigenvalue weighted by Gasteiger charge is 2.40. The van der Waals surface area contributed by atoms with Crippen LogP contribution in [0.25, 0.3) is 5.69 Å². The number of nitrogens with one attached hydrogen (secondary N) is 1. The zero-order valence-electron chi connectivity index (χ0n) is 23.2. The van der Waals surface area contributed by atoms with Gasteiger partial charge in [0.15, 0.2) is 11.5 Å². The van der Waals surface area contributed by atoms with Crippen molar-refractivity contribution in [2.75, 3.05) is 38.0 Å². The minimum atomic E-state index is -0.379. The van der Waals surface area contributed by atoms with E-state index in [1.54, 1.807) is 29.9 Å². The summed E-state index contributed by atoms with van der Waals surface area (Å²) < 4.78 is 12.8.